The topological polar surface area (TPSA) is 69.6 Å². The van der Waals surface area contributed by atoms with E-state index < -0.39 is 0 Å². The molecule has 0 aliphatic rings. The Morgan fingerprint density at radius 3 is 2.68 bits per heavy atom. The third kappa shape index (κ3) is 2.50. The van der Waals surface area contributed by atoms with Crippen LogP contribution in [0.1, 0.15) is 5.56 Å². The molecule has 5 nitrogen and oxygen atoms in total. The van der Waals surface area contributed by atoms with Gasteiger partial charge in [-0.05, 0) is 40.3 Å². The fraction of sp³-hybridized carbons (Fsp3) is 0.0833. The maximum atomic E-state index is 5.99. The second-order valence-corrected chi connectivity index (χ2v) is 5.65. The maximum absolute atomic E-state index is 5.99. The van der Waals surface area contributed by atoms with Crippen molar-refractivity contribution in [1.82, 2.24) is 19.5 Å². The van der Waals surface area contributed by atoms with Crippen molar-refractivity contribution in [3.63, 3.8) is 0 Å². The molecule has 19 heavy (non-hydrogen) atoms. The summed E-state index contributed by atoms with van der Waals surface area (Å²) in [4.78, 5) is 12.3. The second kappa shape index (κ2) is 4.93. The minimum absolute atomic E-state index is 0.155. The molecule has 96 valence electrons. The number of hydrogen-bond donors (Lipinski definition) is 1. The van der Waals surface area contributed by atoms with Gasteiger partial charge < -0.3 is 10.3 Å². The van der Waals surface area contributed by atoms with E-state index in [2.05, 4.69) is 61.8 Å². The van der Waals surface area contributed by atoms with Crippen LogP contribution < -0.4 is 5.73 Å². The zero-order chi connectivity index (χ0) is 13.4. The lowest BCUT2D eigenvalue weighted by atomic mass is 10.2. The van der Waals surface area contributed by atoms with Crippen LogP contribution in [0.4, 0.5) is 5.95 Å². The van der Waals surface area contributed by atoms with Crippen molar-refractivity contribution in [2.45, 2.75) is 6.54 Å². The Hall–Kier alpha value is -1.41. The van der Waals surface area contributed by atoms with E-state index in [0.29, 0.717) is 17.7 Å². The molecule has 0 saturated carbocycles. The molecule has 2 aromatic heterocycles. The average molecular weight is 386 g/mol. The Kier molecular flexibility index (Phi) is 3.28. The number of nitrogens with two attached hydrogens (primary N) is 1. The summed E-state index contributed by atoms with van der Waals surface area (Å²) in [5.41, 5.74) is 8.00. The molecule has 1 aromatic carbocycles. The lowest BCUT2D eigenvalue weighted by Gasteiger charge is -2.04. The molecule has 0 amide bonds. The van der Waals surface area contributed by atoms with Crippen molar-refractivity contribution >= 4 is 51.3 Å². The average Bonchev–Trinajstić information content (AvgIpc) is 2.76. The number of hydrogen-bond acceptors (Lipinski definition) is 4. The normalized spacial score (nSPS) is 11.1. The van der Waals surface area contributed by atoms with Gasteiger partial charge in [-0.3, -0.25) is 0 Å². The predicted octanol–water partition coefficient (Wildman–Crippen LogP) is 2.71. The van der Waals surface area contributed by atoms with E-state index in [1.165, 1.54) is 3.57 Å². The largest absolute Gasteiger partial charge is 0.368 e. The molecule has 0 aliphatic heterocycles. The first-order valence-corrected chi connectivity index (χ1v) is 6.97. The van der Waals surface area contributed by atoms with Gasteiger partial charge in [-0.25, -0.2) is 4.98 Å². The summed E-state index contributed by atoms with van der Waals surface area (Å²) in [5, 5.41) is 0.281. The molecular formula is C12H9ClIN5. The Bertz CT molecular complexity index is 738. The fourth-order valence-corrected chi connectivity index (χ4v) is 2.41. The highest BCUT2D eigenvalue weighted by Gasteiger charge is 2.10. The first-order chi connectivity index (χ1) is 9.13. The number of imidazole rings is 1. The van der Waals surface area contributed by atoms with E-state index in [9.17, 15) is 0 Å². The smallest absolute Gasteiger partial charge is 0.223 e. The highest BCUT2D eigenvalue weighted by atomic mass is 127. The number of rotatable bonds is 2. The molecule has 0 bridgehead atoms. The number of nitrogen functional groups attached to an aromatic ring is 1. The fourth-order valence-electron chi connectivity index (χ4n) is 1.83. The zero-order valence-electron chi connectivity index (χ0n) is 9.72. The summed E-state index contributed by atoms with van der Waals surface area (Å²) in [6, 6.07) is 8.26. The van der Waals surface area contributed by atoms with E-state index in [4.69, 9.17) is 17.3 Å². The maximum Gasteiger partial charge on any atom is 0.223 e. The Morgan fingerprint density at radius 1 is 1.21 bits per heavy atom. The molecular weight excluding hydrogens is 377 g/mol. The summed E-state index contributed by atoms with van der Waals surface area (Å²) < 4.78 is 3.10. The molecule has 3 aromatic rings. The van der Waals surface area contributed by atoms with Crippen LogP contribution in [0, 0.1) is 3.57 Å². The van der Waals surface area contributed by atoms with E-state index in [1.54, 1.807) is 6.33 Å². The van der Waals surface area contributed by atoms with Crippen molar-refractivity contribution < 1.29 is 0 Å². The standard InChI is InChI=1S/C12H9ClIN5/c13-10-9-11(18-12(15)17-10)19(6-16-9)5-7-1-3-8(14)4-2-7/h1-4,6H,5H2,(H2,15,17,18). The van der Waals surface area contributed by atoms with Crippen molar-refractivity contribution in [3.8, 4) is 0 Å². The molecule has 7 heteroatoms. The van der Waals surface area contributed by atoms with Gasteiger partial charge in [-0.2, -0.15) is 9.97 Å². The summed E-state index contributed by atoms with van der Waals surface area (Å²) in [5.74, 6) is 0.155. The molecule has 0 saturated heterocycles. The molecule has 0 atom stereocenters. The molecule has 0 unspecified atom stereocenters. The molecule has 0 fully saturated rings. The van der Waals surface area contributed by atoms with E-state index >= 15 is 0 Å². The lowest BCUT2D eigenvalue weighted by Crippen LogP contribution is -2.02. The first kappa shape index (κ1) is 12.6. The lowest BCUT2D eigenvalue weighted by molar-refractivity contribution is 0.813. The van der Waals surface area contributed by atoms with Crippen LogP contribution in [-0.4, -0.2) is 19.5 Å². The number of anilines is 1. The monoisotopic (exact) mass is 385 g/mol. The van der Waals surface area contributed by atoms with Gasteiger partial charge >= 0.3 is 0 Å². The third-order valence-corrected chi connectivity index (χ3v) is 3.69. The number of fused-ring (bicyclic) bond motifs is 1. The highest BCUT2D eigenvalue weighted by molar-refractivity contribution is 14.1. The minimum atomic E-state index is 0.155. The molecule has 0 spiro atoms. The van der Waals surface area contributed by atoms with Gasteiger partial charge in [0.15, 0.2) is 10.8 Å². The van der Waals surface area contributed by atoms with Gasteiger partial charge in [0.2, 0.25) is 5.95 Å². The third-order valence-electron chi connectivity index (χ3n) is 2.70. The zero-order valence-corrected chi connectivity index (χ0v) is 12.6. The van der Waals surface area contributed by atoms with Crippen LogP contribution >= 0.6 is 34.2 Å². The number of halogens is 2. The van der Waals surface area contributed by atoms with Crippen LogP contribution in [-0.2, 0) is 6.54 Å². The summed E-state index contributed by atoms with van der Waals surface area (Å²) in [6.45, 7) is 0.667. The number of benzene rings is 1. The van der Waals surface area contributed by atoms with Crippen molar-refractivity contribution in [2.75, 3.05) is 5.73 Å². The SMILES string of the molecule is Nc1nc(Cl)c2ncn(Cc3ccc(I)cc3)c2n1. The predicted molar refractivity (Wildman–Crippen MR) is 83.0 cm³/mol. The Labute approximate surface area is 128 Å². The van der Waals surface area contributed by atoms with Gasteiger partial charge in [0.1, 0.15) is 5.52 Å². The highest BCUT2D eigenvalue weighted by Crippen LogP contribution is 2.20. The summed E-state index contributed by atoms with van der Waals surface area (Å²) in [6.07, 6.45) is 1.70. The van der Waals surface area contributed by atoms with Gasteiger partial charge in [0, 0.05) is 3.57 Å². The van der Waals surface area contributed by atoms with E-state index in [1.807, 2.05) is 4.57 Å². The van der Waals surface area contributed by atoms with Crippen LogP contribution in [0.15, 0.2) is 30.6 Å². The van der Waals surface area contributed by atoms with Crippen LogP contribution in [0.5, 0.6) is 0 Å². The quantitative estimate of drug-likeness (QED) is 0.544. The number of aromatic nitrogens is 4. The second-order valence-electron chi connectivity index (χ2n) is 4.04. The van der Waals surface area contributed by atoms with E-state index in [0.717, 1.165) is 5.56 Å². The van der Waals surface area contributed by atoms with E-state index in [-0.39, 0.29) is 11.1 Å². The first-order valence-electron chi connectivity index (χ1n) is 5.52. The molecule has 2 N–H and O–H groups in total. The summed E-state index contributed by atoms with van der Waals surface area (Å²) in [7, 11) is 0. The van der Waals surface area contributed by atoms with Gasteiger partial charge in [0.25, 0.3) is 0 Å². The molecule has 2 heterocycles. The Morgan fingerprint density at radius 2 is 1.95 bits per heavy atom. The van der Waals surface area contributed by atoms with Crippen LogP contribution in [0.3, 0.4) is 0 Å². The van der Waals surface area contributed by atoms with Crippen molar-refractivity contribution in [1.29, 1.82) is 0 Å². The van der Waals surface area contributed by atoms with Gasteiger partial charge in [-0.1, -0.05) is 23.7 Å². The molecule has 0 aliphatic carbocycles. The van der Waals surface area contributed by atoms with Gasteiger partial charge in [0.05, 0.1) is 12.9 Å². The minimum Gasteiger partial charge on any atom is -0.368 e. The van der Waals surface area contributed by atoms with Crippen LogP contribution in [0.25, 0.3) is 11.2 Å². The molecule has 0 radical (unpaired) electrons. The van der Waals surface area contributed by atoms with Crippen molar-refractivity contribution in [2.24, 2.45) is 0 Å². The Balaban J connectivity index is 2.03. The number of nitrogens with zero attached hydrogens (tertiary/aromatic N) is 4. The van der Waals surface area contributed by atoms with Crippen LogP contribution in [0.2, 0.25) is 5.15 Å². The molecule has 3 rings (SSSR count). The summed E-state index contributed by atoms with van der Waals surface area (Å²) >= 11 is 8.27. The van der Waals surface area contributed by atoms with Crippen molar-refractivity contribution in [3.05, 3.63) is 44.9 Å². The van der Waals surface area contributed by atoms with Gasteiger partial charge in [-0.15, -0.1) is 0 Å².